The third-order valence-corrected chi connectivity index (χ3v) is 4.76. The molecule has 0 aromatic carbocycles. The molecule has 130 valence electrons. The van der Waals surface area contributed by atoms with Crippen molar-refractivity contribution in [3.63, 3.8) is 0 Å². The molecule has 0 unspecified atom stereocenters. The van der Waals surface area contributed by atoms with Crippen LogP contribution in [-0.4, -0.2) is 48.7 Å². The molecule has 2 fully saturated rings. The number of hydrogen-bond acceptors (Lipinski definition) is 6. The Balaban J connectivity index is 1.54. The van der Waals surface area contributed by atoms with Crippen LogP contribution in [0.25, 0.3) is 0 Å². The van der Waals surface area contributed by atoms with Crippen molar-refractivity contribution < 1.29 is 13.9 Å². The van der Waals surface area contributed by atoms with Gasteiger partial charge in [0.15, 0.2) is 5.75 Å². The normalized spacial score (nSPS) is 20.3. The molecule has 0 aliphatic carbocycles. The van der Waals surface area contributed by atoms with Gasteiger partial charge in [-0.1, -0.05) is 0 Å². The Labute approximate surface area is 140 Å². The summed E-state index contributed by atoms with van der Waals surface area (Å²) in [7, 11) is 0. The monoisotopic (exact) mass is 335 g/mol. The van der Waals surface area contributed by atoms with Crippen LogP contribution in [0.15, 0.2) is 24.3 Å². The van der Waals surface area contributed by atoms with Crippen molar-refractivity contribution in [3.8, 4) is 5.75 Å². The topological polar surface area (TPSA) is 93.4 Å². The van der Waals surface area contributed by atoms with E-state index in [1.165, 1.54) is 0 Å². The second-order valence-electron chi connectivity index (χ2n) is 6.42. The smallest absolute Gasteiger partial charge is 0.225 e. The predicted molar refractivity (Wildman–Crippen MR) is 87.3 cm³/mol. The first kappa shape index (κ1) is 16.6. The van der Waals surface area contributed by atoms with E-state index in [0.29, 0.717) is 30.0 Å². The predicted octanol–water partition coefficient (Wildman–Crippen LogP) is 0.774. The first-order chi connectivity index (χ1) is 11.6. The van der Waals surface area contributed by atoms with E-state index in [1.54, 1.807) is 12.4 Å². The van der Waals surface area contributed by atoms with Crippen LogP contribution in [0.1, 0.15) is 19.3 Å². The fraction of sp³-hybridized carbons (Fsp3) is 0.562. The Morgan fingerprint density at radius 2 is 2.12 bits per heavy atom. The van der Waals surface area contributed by atoms with Crippen LogP contribution in [0.5, 0.6) is 5.75 Å². The van der Waals surface area contributed by atoms with E-state index in [1.807, 2.05) is 0 Å². The Hall–Kier alpha value is -2.22. The summed E-state index contributed by atoms with van der Waals surface area (Å²) < 4.78 is 17.8. The van der Waals surface area contributed by atoms with Gasteiger partial charge in [0, 0.05) is 38.2 Å². The highest BCUT2D eigenvalue weighted by molar-refractivity contribution is 5.79. The van der Waals surface area contributed by atoms with Gasteiger partial charge in [-0.15, -0.1) is 0 Å². The largest absolute Gasteiger partial charge is 0.486 e. The van der Waals surface area contributed by atoms with Crippen molar-refractivity contribution in [2.45, 2.75) is 19.3 Å². The van der Waals surface area contributed by atoms with E-state index >= 15 is 0 Å². The maximum Gasteiger partial charge on any atom is 0.225 e. The minimum atomic E-state index is 0.0863. The standard InChI is InChI=1S/C16H22FN5O2/c17-6-12(7-18)10-24-13-8-19-15(20-9-13)22-3-1-16(2-4-22)5-14(23)21-11-16/h6,8-9H,1-5,7,10-11,18H2,(H,21,23)/b12-6+. The number of anilines is 1. The van der Waals surface area contributed by atoms with Crippen LogP contribution in [0, 0.1) is 5.41 Å². The number of nitrogens with zero attached hydrogens (tertiary/aromatic N) is 3. The highest BCUT2D eigenvalue weighted by Gasteiger charge is 2.41. The number of rotatable bonds is 5. The lowest BCUT2D eigenvalue weighted by molar-refractivity contribution is -0.119. The van der Waals surface area contributed by atoms with Gasteiger partial charge in [-0.3, -0.25) is 4.79 Å². The number of piperidine rings is 1. The second-order valence-corrected chi connectivity index (χ2v) is 6.42. The maximum absolute atomic E-state index is 12.4. The highest BCUT2D eigenvalue weighted by atomic mass is 19.1. The molecule has 1 aromatic rings. The summed E-state index contributed by atoms with van der Waals surface area (Å²) in [5, 5.41) is 2.93. The fourth-order valence-electron chi connectivity index (χ4n) is 3.14. The lowest BCUT2D eigenvalue weighted by Gasteiger charge is -2.38. The molecule has 2 saturated heterocycles. The van der Waals surface area contributed by atoms with Crippen LogP contribution < -0.4 is 20.7 Å². The summed E-state index contributed by atoms with van der Waals surface area (Å²) in [5.74, 6) is 1.28. The molecule has 0 atom stereocenters. The van der Waals surface area contributed by atoms with E-state index in [4.69, 9.17) is 10.5 Å². The third kappa shape index (κ3) is 3.64. The molecular formula is C16H22FN5O2. The molecule has 8 heteroatoms. The van der Waals surface area contributed by atoms with E-state index in [9.17, 15) is 9.18 Å². The van der Waals surface area contributed by atoms with E-state index in [-0.39, 0.29) is 24.5 Å². The van der Waals surface area contributed by atoms with Gasteiger partial charge in [0.1, 0.15) is 6.61 Å². The van der Waals surface area contributed by atoms with Crippen molar-refractivity contribution in [1.29, 1.82) is 0 Å². The zero-order chi connectivity index (χ0) is 17.0. The molecule has 2 aliphatic heterocycles. The average Bonchev–Trinajstić information content (AvgIpc) is 2.97. The Bertz CT molecular complexity index is 611. The average molecular weight is 335 g/mol. The summed E-state index contributed by atoms with van der Waals surface area (Å²) in [6, 6.07) is 0. The van der Waals surface area contributed by atoms with Gasteiger partial charge in [-0.25, -0.2) is 14.4 Å². The van der Waals surface area contributed by atoms with Crippen LogP contribution in [0.4, 0.5) is 10.3 Å². The lowest BCUT2D eigenvalue weighted by Crippen LogP contribution is -2.41. The second kappa shape index (κ2) is 7.12. The van der Waals surface area contributed by atoms with Crippen molar-refractivity contribution in [1.82, 2.24) is 15.3 Å². The molecule has 24 heavy (non-hydrogen) atoms. The summed E-state index contributed by atoms with van der Waals surface area (Å²) in [4.78, 5) is 22.2. The number of ether oxygens (including phenoxy) is 1. The number of hydrogen-bond donors (Lipinski definition) is 2. The van der Waals surface area contributed by atoms with Crippen LogP contribution >= 0.6 is 0 Å². The molecule has 1 spiro atoms. The van der Waals surface area contributed by atoms with Crippen molar-refractivity contribution in [2.75, 3.05) is 37.7 Å². The molecule has 3 heterocycles. The number of carbonyl (C=O) groups is 1. The highest BCUT2D eigenvalue weighted by Crippen LogP contribution is 2.38. The van der Waals surface area contributed by atoms with Gasteiger partial charge in [-0.2, -0.15) is 0 Å². The molecule has 0 bridgehead atoms. The zero-order valence-corrected chi connectivity index (χ0v) is 13.5. The SMILES string of the molecule is NC/C(=C\F)COc1cnc(N2CCC3(CC2)CNC(=O)C3)nc1. The van der Waals surface area contributed by atoms with Crippen molar-refractivity contribution in [3.05, 3.63) is 24.3 Å². The van der Waals surface area contributed by atoms with E-state index in [0.717, 1.165) is 32.5 Å². The van der Waals surface area contributed by atoms with Crippen molar-refractivity contribution >= 4 is 11.9 Å². The quantitative estimate of drug-likeness (QED) is 0.826. The number of nitrogens with one attached hydrogen (secondary N) is 1. The summed E-state index contributed by atoms with van der Waals surface area (Å²) >= 11 is 0. The summed E-state index contributed by atoms with van der Waals surface area (Å²) in [5.41, 5.74) is 5.86. The zero-order valence-electron chi connectivity index (χ0n) is 13.5. The third-order valence-electron chi connectivity index (χ3n) is 4.76. The molecule has 3 N–H and O–H groups in total. The van der Waals surface area contributed by atoms with Gasteiger partial charge in [-0.05, 0) is 18.3 Å². The maximum atomic E-state index is 12.4. The molecule has 1 aromatic heterocycles. The van der Waals surface area contributed by atoms with Crippen LogP contribution in [-0.2, 0) is 4.79 Å². The number of nitrogens with two attached hydrogens (primary N) is 1. The molecule has 1 amide bonds. The van der Waals surface area contributed by atoms with Crippen molar-refractivity contribution in [2.24, 2.45) is 11.1 Å². The fourth-order valence-corrected chi connectivity index (χ4v) is 3.14. The molecule has 7 nitrogen and oxygen atoms in total. The lowest BCUT2D eigenvalue weighted by atomic mass is 9.78. The molecule has 0 radical (unpaired) electrons. The van der Waals surface area contributed by atoms with Crippen LogP contribution in [0.3, 0.4) is 0 Å². The minimum Gasteiger partial charge on any atom is -0.486 e. The van der Waals surface area contributed by atoms with Gasteiger partial charge in [0.2, 0.25) is 11.9 Å². The summed E-state index contributed by atoms with van der Waals surface area (Å²) in [6.07, 6.45) is 6.16. The number of carbonyl (C=O) groups excluding carboxylic acids is 1. The molecule has 2 aliphatic rings. The number of halogens is 1. The number of amides is 1. The van der Waals surface area contributed by atoms with Gasteiger partial charge < -0.3 is 20.7 Å². The Morgan fingerprint density at radius 1 is 1.42 bits per heavy atom. The molecular weight excluding hydrogens is 313 g/mol. The van der Waals surface area contributed by atoms with E-state index in [2.05, 4.69) is 20.2 Å². The van der Waals surface area contributed by atoms with Gasteiger partial charge >= 0.3 is 0 Å². The van der Waals surface area contributed by atoms with Crippen LogP contribution in [0.2, 0.25) is 0 Å². The summed E-state index contributed by atoms with van der Waals surface area (Å²) in [6.45, 7) is 2.64. The molecule has 3 rings (SSSR count). The Kier molecular flexibility index (Phi) is 4.94. The van der Waals surface area contributed by atoms with Gasteiger partial charge in [0.05, 0.1) is 18.7 Å². The Morgan fingerprint density at radius 3 is 2.67 bits per heavy atom. The van der Waals surface area contributed by atoms with E-state index < -0.39 is 0 Å². The minimum absolute atomic E-state index is 0.0863. The first-order valence-electron chi connectivity index (χ1n) is 8.09. The first-order valence-corrected chi connectivity index (χ1v) is 8.09. The molecule has 0 saturated carbocycles. The van der Waals surface area contributed by atoms with Gasteiger partial charge in [0.25, 0.3) is 0 Å². The number of aromatic nitrogens is 2.